The Morgan fingerprint density at radius 3 is 2.00 bits per heavy atom. The van der Waals surface area contributed by atoms with Gasteiger partial charge in [0.05, 0.1) is 0 Å². The summed E-state index contributed by atoms with van der Waals surface area (Å²) in [4.78, 5) is 11.5. The van der Waals surface area contributed by atoms with Crippen LogP contribution >= 0.6 is 0 Å². The van der Waals surface area contributed by atoms with E-state index in [1.807, 2.05) is 24.3 Å². The van der Waals surface area contributed by atoms with Crippen LogP contribution in [0.3, 0.4) is 0 Å². The van der Waals surface area contributed by atoms with Gasteiger partial charge in [-0.3, -0.25) is 4.79 Å². The van der Waals surface area contributed by atoms with Gasteiger partial charge in [0.2, 0.25) is 0 Å². The van der Waals surface area contributed by atoms with Crippen molar-refractivity contribution in [1.29, 1.82) is 0 Å². The van der Waals surface area contributed by atoms with Gasteiger partial charge in [0.25, 0.3) is 0 Å². The van der Waals surface area contributed by atoms with E-state index in [1.165, 1.54) is 32.3 Å². The van der Waals surface area contributed by atoms with Gasteiger partial charge in [0, 0.05) is 5.56 Å². The van der Waals surface area contributed by atoms with Crippen LogP contribution in [0.1, 0.15) is 10.4 Å². The zero-order chi connectivity index (χ0) is 16.1. The summed E-state index contributed by atoms with van der Waals surface area (Å²) in [6.07, 6.45) is 0.938. The Kier molecular flexibility index (Phi) is 2.71. The third-order valence-electron chi connectivity index (χ3n) is 4.91. The summed E-state index contributed by atoms with van der Waals surface area (Å²) in [6.45, 7) is 0. The van der Waals surface area contributed by atoms with E-state index >= 15 is 0 Å². The smallest absolute Gasteiger partial charge is 0.150 e. The standard InChI is InChI=1S/C23H14O/c24-14-18-4-1-2-7-19(18)20-12-10-17-9-8-15-5-3-6-16-11-13-21(20)23(17)22(15)16/h1-14H. The molecule has 0 saturated heterocycles. The lowest BCUT2D eigenvalue weighted by atomic mass is 9.89. The van der Waals surface area contributed by atoms with Gasteiger partial charge in [-0.15, -0.1) is 0 Å². The Labute approximate surface area is 139 Å². The van der Waals surface area contributed by atoms with Gasteiger partial charge in [-0.2, -0.15) is 0 Å². The van der Waals surface area contributed by atoms with Gasteiger partial charge >= 0.3 is 0 Å². The van der Waals surface area contributed by atoms with Gasteiger partial charge in [-0.25, -0.2) is 0 Å². The Morgan fingerprint density at radius 2 is 1.21 bits per heavy atom. The number of aldehydes is 1. The predicted octanol–water partition coefficient (Wildman–Crippen LogP) is 6.06. The van der Waals surface area contributed by atoms with E-state index in [2.05, 4.69) is 54.6 Å². The summed E-state index contributed by atoms with van der Waals surface area (Å²) >= 11 is 0. The highest BCUT2D eigenvalue weighted by Crippen LogP contribution is 2.39. The molecule has 0 bridgehead atoms. The summed E-state index contributed by atoms with van der Waals surface area (Å²) in [5, 5.41) is 7.53. The molecule has 0 atom stereocenters. The van der Waals surface area contributed by atoms with Crippen LogP contribution in [0.4, 0.5) is 0 Å². The Balaban J connectivity index is 1.99. The second kappa shape index (κ2) is 4.90. The molecule has 0 aromatic heterocycles. The van der Waals surface area contributed by atoms with Crippen molar-refractivity contribution in [2.75, 3.05) is 0 Å². The maximum atomic E-state index is 11.5. The minimum absolute atomic E-state index is 0.729. The molecule has 0 fully saturated rings. The molecule has 5 aromatic carbocycles. The van der Waals surface area contributed by atoms with Crippen molar-refractivity contribution < 1.29 is 4.79 Å². The fourth-order valence-corrected chi connectivity index (χ4v) is 3.82. The third-order valence-corrected chi connectivity index (χ3v) is 4.91. The second-order valence-electron chi connectivity index (χ2n) is 6.17. The highest BCUT2D eigenvalue weighted by atomic mass is 16.1. The molecule has 0 heterocycles. The Hall–Kier alpha value is -3.19. The molecule has 0 aliphatic carbocycles. The van der Waals surface area contributed by atoms with Crippen LogP contribution in [0, 0.1) is 0 Å². The SMILES string of the molecule is O=Cc1ccccc1-c1ccc2ccc3cccc4ccc1c2c34. The average molecular weight is 306 g/mol. The molecular weight excluding hydrogens is 292 g/mol. The number of benzene rings is 5. The molecule has 24 heavy (non-hydrogen) atoms. The molecule has 0 spiro atoms. The average Bonchev–Trinajstić information content (AvgIpc) is 2.66. The van der Waals surface area contributed by atoms with Crippen LogP contribution in [0.25, 0.3) is 43.4 Å². The van der Waals surface area contributed by atoms with Crippen LogP contribution in [-0.4, -0.2) is 6.29 Å². The molecule has 0 amide bonds. The molecule has 1 nitrogen and oxygen atoms in total. The summed E-state index contributed by atoms with van der Waals surface area (Å²) in [5.41, 5.74) is 2.83. The minimum Gasteiger partial charge on any atom is -0.298 e. The molecule has 0 aliphatic rings. The second-order valence-corrected chi connectivity index (χ2v) is 6.17. The van der Waals surface area contributed by atoms with Crippen LogP contribution in [0.2, 0.25) is 0 Å². The van der Waals surface area contributed by atoms with E-state index in [0.29, 0.717) is 0 Å². The largest absolute Gasteiger partial charge is 0.298 e. The van der Waals surface area contributed by atoms with E-state index in [0.717, 1.165) is 23.0 Å². The maximum absolute atomic E-state index is 11.5. The summed E-state index contributed by atoms with van der Waals surface area (Å²) in [6, 6.07) is 27.2. The Morgan fingerprint density at radius 1 is 0.542 bits per heavy atom. The number of rotatable bonds is 2. The molecule has 0 unspecified atom stereocenters. The first-order valence-electron chi connectivity index (χ1n) is 8.08. The molecule has 5 aromatic rings. The zero-order valence-electron chi connectivity index (χ0n) is 13.0. The van der Waals surface area contributed by atoms with E-state index in [9.17, 15) is 4.79 Å². The van der Waals surface area contributed by atoms with E-state index in [4.69, 9.17) is 0 Å². The monoisotopic (exact) mass is 306 g/mol. The first kappa shape index (κ1) is 13.3. The van der Waals surface area contributed by atoms with Crippen LogP contribution < -0.4 is 0 Å². The molecule has 112 valence electrons. The molecular formula is C23H14O. The minimum atomic E-state index is 0.729. The maximum Gasteiger partial charge on any atom is 0.150 e. The molecule has 5 rings (SSSR count). The third kappa shape index (κ3) is 1.73. The Bertz CT molecular complexity index is 1200. The van der Waals surface area contributed by atoms with Crippen molar-refractivity contribution in [2.45, 2.75) is 0 Å². The first-order valence-corrected chi connectivity index (χ1v) is 8.08. The van der Waals surface area contributed by atoms with Crippen LogP contribution in [-0.2, 0) is 0 Å². The van der Waals surface area contributed by atoms with Gasteiger partial charge < -0.3 is 0 Å². The highest BCUT2D eigenvalue weighted by molar-refractivity contribution is 6.25. The fraction of sp³-hybridized carbons (Fsp3) is 0. The lowest BCUT2D eigenvalue weighted by Crippen LogP contribution is -1.90. The van der Waals surface area contributed by atoms with E-state index in [-0.39, 0.29) is 0 Å². The number of hydrogen-bond acceptors (Lipinski definition) is 1. The van der Waals surface area contributed by atoms with Crippen molar-refractivity contribution in [3.05, 3.63) is 84.4 Å². The van der Waals surface area contributed by atoms with E-state index < -0.39 is 0 Å². The summed E-state index contributed by atoms with van der Waals surface area (Å²) < 4.78 is 0. The molecule has 0 radical (unpaired) electrons. The van der Waals surface area contributed by atoms with Gasteiger partial charge in [0.15, 0.2) is 6.29 Å². The normalized spacial score (nSPS) is 11.5. The molecule has 0 N–H and O–H groups in total. The fourth-order valence-electron chi connectivity index (χ4n) is 3.82. The molecule has 1 heteroatoms. The van der Waals surface area contributed by atoms with Crippen LogP contribution in [0.5, 0.6) is 0 Å². The summed E-state index contributed by atoms with van der Waals surface area (Å²) in [5.74, 6) is 0. The number of hydrogen-bond donors (Lipinski definition) is 0. The van der Waals surface area contributed by atoms with Crippen molar-refractivity contribution in [3.8, 4) is 11.1 Å². The van der Waals surface area contributed by atoms with E-state index in [1.54, 1.807) is 0 Å². The van der Waals surface area contributed by atoms with Gasteiger partial charge in [-0.05, 0) is 43.4 Å². The van der Waals surface area contributed by atoms with Crippen molar-refractivity contribution in [2.24, 2.45) is 0 Å². The molecule has 0 saturated carbocycles. The lowest BCUT2D eigenvalue weighted by molar-refractivity contribution is 0.112. The highest BCUT2D eigenvalue weighted by Gasteiger charge is 2.13. The summed E-state index contributed by atoms with van der Waals surface area (Å²) in [7, 11) is 0. The van der Waals surface area contributed by atoms with Gasteiger partial charge in [-0.1, -0.05) is 78.9 Å². The number of carbonyl (C=O) groups excluding carboxylic acids is 1. The first-order chi connectivity index (χ1) is 11.9. The van der Waals surface area contributed by atoms with Crippen molar-refractivity contribution >= 4 is 38.6 Å². The number of carbonyl (C=O) groups is 1. The zero-order valence-corrected chi connectivity index (χ0v) is 13.0. The lowest BCUT2D eigenvalue weighted by Gasteiger charge is -2.14. The van der Waals surface area contributed by atoms with Crippen molar-refractivity contribution in [1.82, 2.24) is 0 Å². The van der Waals surface area contributed by atoms with Gasteiger partial charge in [0.1, 0.15) is 0 Å². The quantitative estimate of drug-likeness (QED) is 0.286. The van der Waals surface area contributed by atoms with Crippen molar-refractivity contribution in [3.63, 3.8) is 0 Å². The molecule has 0 aliphatic heterocycles. The topological polar surface area (TPSA) is 17.1 Å². The predicted molar refractivity (Wildman–Crippen MR) is 101 cm³/mol. The van der Waals surface area contributed by atoms with Crippen LogP contribution in [0.15, 0.2) is 78.9 Å².